The SMILES string of the molecule is CCN(C)S(=O)(=O)c1cc(N)cs1. The van der Waals surface area contributed by atoms with Crippen LogP contribution in [0, 0.1) is 0 Å². The molecule has 0 unspecified atom stereocenters. The molecule has 0 bridgehead atoms. The van der Waals surface area contributed by atoms with Crippen molar-refractivity contribution in [3.63, 3.8) is 0 Å². The van der Waals surface area contributed by atoms with Crippen LogP contribution < -0.4 is 5.73 Å². The van der Waals surface area contributed by atoms with Gasteiger partial charge in [0, 0.05) is 24.7 Å². The Morgan fingerprint density at radius 3 is 2.62 bits per heavy atom. The van der Waals surface area contributed by atoms with Crippen molar-refractivity contribution >= 4 is 27.0 Å². The lowest BCUT2D eigenvalue weighted by Gasteiger charge is -2.12. The highest BCUT2D eigenvalue weighted by Gasteiger charge is 2.20. The molecular formula is C7H12N2O2S2. The average Bonchev–Trinajstić information content (AvgIpc) is 2.50. The number of nitrogens with zero attached hydrogens (tertiary/aromatic N) is 1. The minimum atomic E-state index is -3.30. The Hall–Kier alpha value is -0.590. The summed E-state index contributed by atoms with van der Waals surface area (Å²) in [5.41, 5.74) is 5.94. The third kappa shape index (κ3) is 2.01. The molecule has 0 fully saturated rings. The Labute approximate surface area is 82.0 Å². The van der Waals surface area contributed by atoms with Crippen LogP contribution in [0.2, 0.25) is 0 Å². The van der Waals surface area contributed by atoms with E-state index in [1.165, 1.54) is 10.4 Å². The first-order valence-electron chi connectivity index (χ1n) is 3.79. The maximum atomic E-state index is 11.7. The third-order valence-electron chi connectivity index (χ3n) is 1.71. The summed E-state index contributed by atoms with van der Waals surface area (Å²) in [6, 6.07) is 1.48. The second kappa shape index (κ2) is 3.65. The van der Waals surface area contributed by atoms with E-state index in [0.29, 0.717) is 16.4 Å². The van der Waals surface area contributed by atoms with E-state index in [4.69, 9.17) is 5.73 Å². The highest BCUT2D eigenvalue weighted by atomic mass is 32.2. The Kier molecular flexibility index (Phi) is 2.94. The Bertz CT molecular complexity index is 383. The van der Waals surface area contributed by atoms with Gasteiger partial charge in [-0.05, 0) is 6.07 Å². The van der Waals surface area contributed by atoms with Crippen molar-refractivity contribution < 1.29 is 8.42 Å². The molecule has 0 atom stereocenters. The van der Waals surface area contributed by atoms with Crippen LogP contribution in [0.4, 0.5) is 5.69 Å². The molecular weight excluding hydrogens is 208 g/mol. The molecule has 0 saturated heterocycles. The summed E-state index contributed by atoms with van der Waals surface area (Å²) in [4.78, 5) is 0. The fraction of sp³-hybridized carbons (Fsp3) is 0.429. The Morgan fingerprint density at radius 1 is 1.62 bits per heavy atom. The topological polar surface area (TPSA) is 63.4 Å². The lowest BCUT2D eigenvalue weighted by Crippen LogP contribution is -2.25. The quantitative estimate of drug-likeness (QED) is 0.825. The van der Waals surface area contributed by atoms with Gasteiger partial charge in [0.25, 0.3) is 10.0 Å². The molecule has 1 aromatic heterocycles. The number of anilines is 1. The minimum Gasteiger partial charge on any atom is -0.398 e. The number of hydrogen-bond donors (Lipinski definition) is 1. The maximum Gasteiger partial charge on any atom is 0.252 e. The standard InChI is InChI=1S/C7H12N2O2S2/c1-3-9(2)13(10,11)7-4-6(8)5-12-7/h4-5H,3,8H2,1-2H3. The zero-order chi connectivity index (χ0) is 10.1. The van der Waals surface area contributed by atoms with E-state index in [9.17, 15) is 8.42 Å². The average molecular weight is 220 g/mol. The molecule has 0 spiro atoms. The third-order valence-corrected chi connectivity index (χ3v) is 5.07. The first kappa shape index (κ1) is 10.5. The first-order valence-corrected chi connectivity index (χ1v) is 6.10. The van der Waals surface area contributed by atoms with Gasteiger partial charge < -0.3 is 5.73 Å². The van der Waals surface area contributed by atoms with Gasteiger partial charge in [-0.15, -0.1) is 11.3 Å². The molecule has 13 heavy (non-hydrogen) atoms. The summed E-state index contributed by atoms with van der Waals surface area (Å²) < 4.78 is 24.9. The van der Waals surface area contributed by atoms with Gasteiger partial charge in [0.05, 0.1) is 0 Å². The van der Waals surface area contributed by atoms with Crippen molar-refractivity contribution in [1.82, 2.24) is 4.31 Å². The number of sulfonamides is 1. The molecule has 74 valence electrons. The van der Waals surface area contributed by atoms with Gasteiger partial charge >= 0.3 is 0 Å². The number of rotatable bonds is 3. The van der Waals surface area contributed by atoms with E-state index < -0.39 is 10.0 Å². The largest absolute Gasteiger partial charge is 0.398 e. The fourth-order valence-corrected chi connectivity index (χ4v) is 3.26. The zero-order valence-corrected chi connectivity index (χ0v) is 9.15. The normalized spacial score (nSPS) is 12.2. The van der Waals surface area contributed by atoms with Crippen molar-refractivity contribution in [2.75, 3.05) is 19.3 Å². The van der Waals surface area contributed by atoms with Crippen molar-refractivity contribution in [2.45, 2.75) is 11.1 Å². The number of hydrogen-bond acceptors (Lipinski definition) is 4. The lowest BCUT2D eigenvalue weighted by atomic mass is 10.6. The number of nitrogens with two attached hydrogens (primary N) is 1. The molecule has 4 nitrogen and oxygen atoms in total. The lowest BCUT2D eigenvalue weighted by molar-refractivity contribution is 0.488. The number of thiophene rings is 1. The van der Waals surface area contributed by atoms with E-state index in [1.54, 1.807) is 19.4 Å². The molecule has 0 aliphatic heterocycles. The van der Waals surface area contributed by atoms with Crippen molar-refractivity contribution in [3.8, 4) is 0 Å². The fourth-order valence-electron chi connectivity index (χ4n) is 0.789. The van der Waals surface area contributed by atoms with Gasteiger partial charge in [-0.25, -0.2) is 12.7 Å². The molecule has 1 heterocycles. The monoisotopic (exact) mass is 220 g/mol. The molecule has 0 aliphatic rings. The van der Waals surface area contributed by atoms with Gasteiger partial charge in [-0.2, -0.15) is 0 Å². The van der Waals surface area contributed by atoms with Gasteiger partial charge in [-0.3, -0.25) is 0 Å². The van der Waals surface area contributed by atoms with Crippen LogP contribution in [0.5, 0.6) is 0 Å². The Morgan fingerprint density at radius 2 is 2.23 bits per heavy atom. The molecule has 0 radical (unpaired) electrons. The van der Waals surface area contributed by atoms with Crippen LogP contribution in [0.15, 0.2) is 15.7 Å². The zero-order valence-electron chi connectivity index (χ0n) is 7.52. The van der Waals surface area contributed by atoms with Crippen LogP contribution >= 0.6 is 11.3 Å². The summed E-state index contributed by atoms with van der Waals surface area (Å²) in [5.74, 6) is 0. The van der Waals surface area contributed by atoms with Crippen LogP contribution in [0.25, 0.3) is 0 Å². The van der Waals surface area contributed by atoms with E-state index in [2.05, 4.69) is 0 Å². The highest BCUT2D eigenvalue weighted by molar-refractivity contribution is 7.91. The highest BCUT2D eigenvalue weighted by Crippen LogP contribution is 2.23. The van der Waals surface area contributed by atoms with Crippen LogP contribution in [0.1, 0.15) is 6.92 Å². The second-order valence-electron chi connectivity index (χ2n) is 2.62. The first-order chi connectivity index (χ1) is 5.98. The van der Waals surface area contributed by atoms with Crippen molar-refractivity contribution in [3.05, 3.63) is 11.4 Å². The van der Waals surface area contributed by atoms with E-state index in [1.807, 2.05) is 0 Å². The molecule has 0 saturated carbocycles. The van der Waals surface area contributed by atoms with Crippen molar-refractivity contribution in [2.24, 2.45) is 0 Å². The van der Waals surface area contributed by atoms with E-state index in [-0.39, 0.29) is 0 Å². The molecule has 0 aliphatic carbocycles. The van der Waals surface area contributed by atoms with Gasteiger partial charge in [0.2, 0.25) is 0 Å². The molecule has 0 amide bonds. The molecule has 1 rings (SSSR count). The van der Waals surface area contributed by atoms with Gasteiger partial charge in [-0.1, -0.05) is 6.92 Å². The van der Waals surface area contributed by atoms with E-state index in [0.717, 1.165) is 11.3 Å². The summed E-state index contributed by atoms with van der Waals surface area (Å²) >= 11 is 1.15. The van der Waals surface area contributed by atoms with Gasteiger partial charge in [0.15, 0.2) is 0 Å². The molecule has 2 N–H and O–H groups in total. The summed E-state index contributed by atoms with van der Waals surface area (Å²) in [6.07, 6.45) is 0. The van der Waals surface area contributed by atoms with Gasteiger partial charge in [0.1, 0.15) is 4.21 Å². The minimum absolute atomic E-state index is 0.300. The van der Waals surface area contributed by atoms with Crippen molar-refractivity contribution in [1.29, 1.82) is 0 Å². The summed E-state index contributed by atoms with van der Waals surface area (Å²) in [6.45, 7) is 2.24. The van der Waals surface area contributed by atoms with E-state index >= 15 is 0 Å². The predicted octanol–water partition coefficient (Wildman–Crippen LogP) is 0.971. The Balaban J connectivity index is 3.08. The molecule has 6 heteroatoms. The van der Waals surface area contributed by atoms with Crippen LogP contribution in [-0.2, 0) is 10.0 Å². The smallest absolute Gasteiger partial charge is 0.252 e. The summed E-state index contributed by atoms with van der Waals surface area (Å²) in [7, 11) is -1.75. The van der Waals surface area contributed by atoms with Crippen LogP contribution in [0.3, 0.4) is 0 Å². The number of nitrogen functional groups attached to an aromatic ring is 1. The molecule has 1 aromatic rings. The van der Waals surface area contributed by atoms with Crippen LogP contribution in [-0.4, -0.2) is 26.3 Å². The predicted molar refractivity (Wildman–Crippen MR) is 54.2 cm³/mol. The summed E-state index contributed by atoms with van der Waals surface area (Å²) in [5, 5.41) is 1.62. The maximum absolute atomic E-state index is 11.7. The molecule has 0 aromatic carbocycles. The second-order valence-corrected chi connectivity index (χ2v) is 5.80.